The largest absolute Gasteiger partial charge is 0.494 e. The first-order chi connectivity index (χ1) is 8.70. The Morgan fingerprint density at radius 3 is 2.44 bits per heavy atom. The molecule has 2 N–H and O–H groups in total. The third-order valence-corrected chi connectivity index (χ3v) is 2.57. The molecule has 18 heavy (non-hydrogen) atoms. The molecule has 0 atom stereocenters. The number of nitrogen functional groups attached to an aromatic ring is 1. The van der Waals surface area contributed by atoms with Crippen LogP contribution in [0.15, 0.2) is 52.7 Å². The van der Waals surface area contributed by atoms with Gasteiger partial charge in [-0.15, -0.1) is 5.11 Å². The van der Waals surface area contributed by atoms with Crippen molar-refractivity contribution in [3.05, 3.63) is 48.0 Å². The molecule has 2 aromatic rings. The quantitative estimate of drug-likeness (QED) is 0.652. The summed E-state index contributed by atoms with van der Waals surface area (Å²) in [7, 11) is 1.61. The maximum atomic E-state index is 5.69. The van der Waals surface area contributed by atoms with Gasteiger partial charge in [-0.1, -0.05) is 12.1 Å². The monoisotopic (exact) mass is 241 g/mol. The lowest BCUT2D eigenvalue weighted by Crippen LogP contribution is -1.84. The van der Waals surface area contributed by atoms with E-state index in [9.17, 15) is 0 Å². The zero-order chi connectivity index (χ0) is 13.0. The molecule has 0 aliphatic rings. The van der Waals surface area contributed by atoms with Crippen LogP contribution in [0, 0.1) is 6.92 Å². The minimum Gasteiger partial charge on any atom is -0.494 e. The van der Waals surface area contributed by atoms with Gasteiger partial charge < -0.3 is 10.5 Å². The maximum absolute atomic E-state index is 5.69. The summed E-state index contributed by atoms with van der Waals surface area (Å²) in [6, 6.07) is 13.0. The average molecular weight is 241 g/mol. The van der Waals surface area contributed by atoms with Gasteiger partial charge in [-0.25, -0.2) is 0 Å². The van der Waals surface area contributed by atoms with E-state index in [1.165, 1.54) is 0 Å². The van der Waals surface area contributed by atoms with E-state index in [0.29, 0.717) is 11.4 Å². The first-order valence-electron chi connectivity index (χ1n) is 5.61. The summed E-state index contributed by atoms with van der Waals surface area (Å²) < 4.78 is 5.21. The standard InChI is InChI=1S/C14H15N3O/c1-10-9-11(15)7-8-12(10)16-17-13-5-3-4-6-14(13)18-2/h3-9H,15H2,1-2H3. The van der Waals surface area contributed by atoms with Gasteiger partial charge in [-0.2, -0.15) is 5.11 Å². The Hall–Kier alpha value is -2.36. The van der Waals surface area contributed by atoms with Crippen LogP contribution in [0.25, 0.3) is 0 Å². The Balaban J connectivity index is 2.30. The molecule has 2 aromatic carbocycles. The number of hydrogen-bond donors (Lipinski definition) is 1. The number of nitrogens with zero attached hydrogens (tertiary/aromatic N) is 2. The van der Waals surface area contributed by atoms with Crippen LogP contribution in [0.4, 0.5) is 17.1 Å². The molecular formula is C14H15N3O. The summed E-state index contributed by atoms with van der Waals surface area (Å²) in [5, 5.41) is 8.41. The van der Waals surface area contributed by atoms with Crippen molar-refractivity contribution in [2.45, 2.75) is 6.92 Å². The normalized spacial score (nSPS) is 10.8. The van der Waals surface area contributed by atoms with Gasteiger partial charge in [0.05, 0.1) is 12.8 Å². The SMILES string of the molecule is COc1ccccc1N=Nc1ccc(N)cc1C. The molecule has 0 bridgehead atoms. The number of benzene rings is 2. The van der Waals surface area contributed by atoms with Crippen molar-refractivity contribution in [2.24, 2.45) is 10.2 Å². The van der Waals surface area contributed by atoms with E-state index in [1.54, 1.807) is 7.11 Å². The molecular weight excluding hydrogens is 226 g/mol. The van der Waals surface area contributed by atoms with Crippen LogP contribution in [0.2, 0.25) is 0 Å². The van der Waals surface area contributed by atoms with Gasteiger partial charge in [0.2, 0.25) is 0 Å². The molecule has 0 aliphatic heterocycles. The molecule has 0 aliphatic carbocycles. The summed E-state index contributed by atoms with van der Waals surface area (Å²) >= 11 is 0. The molecule has 0 saturated carbocycles. The van der Waals surface area contributed by atoms with Crippen LogP contribution < -0.4 is 10.5 Å². The molecule has 0 amide bonds. The van der Waals surface area contributed by atoms with Gasteiger partial charge in [0.1, 0.15) is 11.4 Å². The third-order valence-electron chi connectivity index (χ3n) is 2.57. The van der Waals surface area contributed by atoms with Crippen LogP contribution in [0.1, 0.15) is 5.56 Å². The highest BCUT2D eigenvalue weighted by atomic mass is 16.5. The average Bonchev–Trinajstić information content (AvgIpc) is 2.38. The van der Waals surface area contributed by atoms with Crippen molar-refractivity contribution >= 4 is 17.1 Å². The first kappa shape index (κ1) is 12.1. The Kier molecular flexibility index (Phi) is 3.57. The molecule has 4 heteroatoms. The fraction of sp³-hybridized carbons (Fsp3) is 0.143. The van der Waals surface area contributed by atoms with E-state index in [1.807, 2.05) is 49.4 Å². The van der Waals surface area contributed by atoms with Crippen LogP contribution >= 0.6 is 0 Å². The maximum Gasteiger partial charge on any atom is 0.146 e. The summed E-state index contributed by atoms with van der Waals surface area (Å²) in [5.41, 5.74) is 8.91. The van der Waals surface area contributed by atoms with Gasteiger partial charge in [-0.05, 0) is 42.8 Å². The molecule has 0 heterocycles. The summed E-state index contributed by atoms with van der Waals surface area (Å²) in [4.78, 5) is 0. The van der Waals surface area contributed by atoms with Gasteiger partial charge >= 0.3 is 0 Å². The van der Waals surface area contributed by atoms with Crippen molar-refractivity contribution in [1.29, 1.82) is 0 Å². The Morgan fingerprint density at radius 1 is 1.00 bits per heavy atom. The predicted octanol–water partition coefficient (Wildman–Crippen LogP) is 4.00. The van der Waals surface area contributed by atoms with E-state index in [2.05, 4.69) is 10.2 Å². The topological polar surface area (TPSA) is 60.0 Å². The number of methoxy groups -OCH3 is 1. The Labute approximate surface area is 106 Å². The molecule has 0 fully saturated rings. The summed E-state index contributed by atoms with van der Waals surface area (Å²) in [6.07, 6.45) is 0. The fourth-order valence-electron chi connectivity index (χ4n) is 1.61. The molecule has 0 radical (unpaired) electrons. The van der Waals surface area contributed by atoms with E-state index >= 15 is 0 Å². The van der Waals surface area contributed by atoms with E-state index < -0.39 is 0 Å². The molecule has 4 nitrogen and oxygen atoms in total. The van der Waals surface area contributed by atoms with Gasteiger partial charge in [0, 0.05) is 5.69 Å². The predicted molar refractivity (Wildman–Crippen MR) is 72.8 cm³/mol. The smallest absolute Gasteiger partial charge is 0.146 e. The minimum atomic E-state index is 0.703. The van der Waals surface area contributed by atoms with Gasteiger partial charge in [0.15, 0.2) is 0 Å². The zero-order valence-electron chi connectivity index (χ0n) is 10.4. The second-order valence-electron chi connectivity index (χ2n) is 3.92. The highest BCUT2D eigenvalue weighted by Crippen LogP contribution is 2.29. The number of para-hydroxylation sites is 1. The Morgan fingerprint density at radius 2 is 1.72 bits per heavy atom. The van der Waals surface area contributed by atoms with Gasteiger partial charge in [0.25, 0.3) is 0 Å². The molecule has 0 spiro atoms. The van der Waals surface area contributed by atoms with E-state index in [-0.39, 0.29) is 0 Å². The highest BCUT2D eigenvalue weighted by molar-refractivity contribution is 5.55. The second kappa shape index (κ2) is 5.31. The van der Waals surface area contributed by atoms with E-state index in [4.69, 9.17) is 10.5 Å². The van der Waals surface area contributed by atoms with Crippen molar-refractivity contribution in [3.63, 3.8) is 0 Å². The molecule has 0 saturated heterocycles. The van der Waals surface area contributed by atoms with E-state index in [0.717, 1.165) is 16.9 Å². The highest BCUT2D eigenvalue weighted by Gasteiger charge is 2.00. The summed E-state index contributed by atoms with van der Waals surface area (Å²) in [5.74, 6) is 0.703. The zero-order valence-corrected chi connectivity index (χ0v) is 10.4. The lowest BCUT2D eigenvalue weighted by atomic mass is 10.2. The van der Waals surface area contributed by atoms with Crippen molar-refractivity contribution in [2.75, 3.05) is 12.8 Å². The number of aryl methyl sites for hydroxylation is 1. The number of azo groups is 1. The van der Waals surface area contributed by atoms with Crippen LogP contribution in [-0.2, 0) is 0 Å². The first-order valence-corrected chi connectivity index (χ1v) is 5.61. The second-order valence-corrected chi connectivity index (χ2v) is 3.92. The lowest BCUT2D eigenvalue weighted by molar-refractivity contribution is 0.416. The summed E-state index contributed by atoms with van der Waals surface area (Å²) in [6.45, 7) is 1.95. The molecule has 2 rings (SSSR count). The Bertz CT molecular complexity index is 579. The number of nitrogens with two attached hydrogens (primary N) is 1. The van der Waals surface area contributed by atoms with Crippen LogP contribution in [0.3, 0.4) is 0 Å². The number of ether oxygens (including phenoxy) is 1. The van der Waals surface area contributed by atoms with Gasteiger partial charge in [-0.3, -0.25) is 0 Å². The fourth-order valence-corrected chi connectivity index (χ4v) is 1.61. The van der Waals surface area contributed by atoms with Crippen molar-refractivity contribution in [1.82, 2.24) is 0 Å². The minimum absolute atomic E-state index is 0.703. The number of anilines is 1. The lowest BCUT2D eigenvalue weighted by Gasteiger charge is -2.03. The van der Waals surface area contributed by atoms with Crippen LogP contribution in [0.5, 0.6) is 5.75 Å². The molecule has 92 valence electrons. The number of hydrogen-bond acceptors (Lipinski definition) is 4. The molecule has 0 unspecified atom stereocenters. The van der Waals surface area contributed by atoms with Crippen molar-refractivity contribution < 1.29 is 4.74 Å². The van der Waals surface area contributed by atoms with Crippen molar-refractivity contribution in [3.8, 4) is 5.75 Å². The molecule has 0 aromatic heterocycles. The van der Waals surface area contributed by atoms with Crippen LogP contribution in [-0.4, -0.2) is 7.11 Å². The number of rotatable bonds is 3. The third kappa shape index (κ3) is 2.66.